The minimum absolute atomic E-state index is 0.0212. The van der Waals surface area contributed by atoms with Gasteiger partial charge < -0.3 is 24.6 Å². The molecule has 1 aromatic carbocycles. The number of allylic oxidation sites excluding steroid dienone is 2. The van der Waals surface area contributed by atoms with Gasteiger partial charge in [0.2, 0.25) is 10.0 Å². The zero-order valence-corrected chi connectivity index (χ0v) is 23.6. The molecule has 0 aliphatic carbocycles. The number of sulfonamides is 1. The molecule has 0 aromatic heterocycles. The lowest BCUT2D eigenvalue weighted by Gasteiger charge is -2.39. The molecule has 3 heterocycles. The third-order valence-electron chi connectivity index (χ3n) is 7.92. The highest BCUT2D eigenvalue weighted by Gasteiger charge is 2.55. The standard InChI is InChI=1S/C28H40N2O7S/c1-18(10-12-25-26(31)28(17-36-28)13-14-35-25)9-11-24-19(2)15-23(20(3)37-24)29-27(32)21-7-6-8-22(16-21)30(4)38(5,33)34/h6-10,12,16,19-20,23-26,31H,11,13-15,17H2,1-5H3,(H,29,32)/b12-10+,18-9+/t19-,20+,23+,24-,25+,26+,28+/m0/s1. The molecule has 0 saturated carbocycles. The van der Waals surface area contributed by atoms with Crippen LogP contribution in [-0.4, -0.2) is 82.0 Å². The van der Waals surface area contributed by atoms with E-state index in [4.69, 9.17) is 14.2 Å². The molecule has 0 bridgehead atoms. The van der Waals surface area contributed by atoms with Gasteiger partial charge in [0.15, 0.2) is 0 Å². The monoisotopic (exact) mass is 548 g/mol. The number of rotatable bonds is 8. The van der Waals surface area contributed by atoms with Crippen molar-refractivity contribution in [3.63, 3.8) is 0 Å². The topological polar surface area (TPSA) is 118 Å². The second kappa shape index (κ2) is 11.5. The largest absolute Gasteiger partial charge is 0.387 e. The molecule has 1 spiro atoms. The normalized spacial score (nSPS) is 33.9. The van der Waals surface area contributed by atoms with Crippen molar-refractivity contribution in [1.82, 2.24) is 5.32 Å². The highest BCUT2D eigenvalue weighted by Crippen LogP contribution is 2.40. The maximum atomic E-state index is 13.0. The van der Waals surface area contributed by atoms with Crippen molar-refractivity contribution >= 4 is 21.6 Å². The van der Waals surface area contributed by atoms with Crippen LogP contribution >= 0.6 is 0 Å². The second-order valence-corrected chi connectivity index (χ2v) is 12.9. The third kappa shape index (κ3) is 6.66. The summed E-state index contributed by atoms with van der Waals surface area (Å²) >= 11 is 0. The molecule has 1 amide bonds. The van der Waals surface area contributed by atoms with Crippen LogP contribution in [0.2, 0.25) is 0 Å². The molecule has 2 N–H and O–H groups in total. The molecule has 7 atom stereocenters. The van der Waals surface area contributed by atoms with E-state index in [0.717, 1.165) is 35.4 Å². The number of hydrogen-bond donors (Lipinski definition) is 2. The molecule has 210 valence electrons. The summed E-state index contributed by atoms with van der Waals surface area (Å²) < 4.78 is 42.4. The van der Waals surface area contributed by atoms with E-state index in [1.807, 2.05) is 26.0 Å². The van der Waals surface area contributed by atoms with Crippen LogP contribution in [0.3, 0.4) is 0 Å². The molecular weight excluding hydrogens is 508 g/mol. The highest BCUT2D eigenvalue weighted by molar-refractivity contribution is 7.92. The zero-order chi connectivity index (χ0) is 27.7. The molecular formula is C28H40N2O7S. The summed E-state index contributed by atoms with van der Waals surface area (Å²) in [4.78, 5) is 13.0. The fourth-order valence-corrected chi connectivity index (χ4v) is 5.59. The van der Waals surface area contributed by atoms with Crippen LogP contribution in [0, 0.1) is 5.92 Å². The molecule has 4 rings (SSSR count). The number of ether oxygens (including phenoxy) is 3. The Labute approximate surface area is 225 Å². The molecule has 3 fully saturated rings. The Morgan fingerprint density at radius 2 is 2.05 bits per heavy atom. The van der Waals surface area contributed by atoms with E-state index in [9.17, 15) is 18.3 Å². The number of hydrogen-bond acceptors (Lipinski definition) is 7. The minimum atomic E-state index is -3.42. The molecule has 3 saturated heterocycles. The van der Waals surface area contributed by atoms with Crippen molar-refractivity contribution in [3.8, 4) is 0 Å². The molecule has 3 aliphatic rings. The Bertz CT molecular complexity index is 1180. The van der Waals surface area contributed by atoms with Crippen LogP contribution in [0.5, 0.6) is 0 Å². The molecule has 0 unspecified atom stereocenters. The Morgan fingerprint density at radius 1 is 1.32 bits per heavy atom. The third-order valence-corrected chi connectivity index (χ3v) is 9.13. The number of benzene rings is 1. The van der Waals surface area contributed by atoms with E-state index < -0.39 is 21.7 Å². The number of aliphatic hydroxyl groups is 1. The van der Waals surface area contributed by atoms with Gasteiger partial charge in [-0.25, -0.2) is 8.42 Å². The number of epoxide rings is 1. The predicted octanol–water partition coefficient (Wildman–Crippen LogP) is 2.81. The lowest BCUT2D eigenvalue weighted by atomic mass is 9.88. The Morgan fingerprint density at radius 3 is 2.74 bits per heavy atom. The van der Waals surface area contributed by atoms with E-state index >= 15 is 0 Å². The van der Waals surface area contributed by atoms with Gasteiger partial charge in [-0.15, -0.1) is 0 Å². The second-order valence-electron chi connectivity index (χ2n) is 10.9. The summed E-state index contributed by atoms with van der Waals surface area (Å²) in [6.45, 7) is 7.29. The summed E-state index contributed by atoms with van der Waals surface area (Å²) in [6, 6.07) is 6.42. The van der Waals surface area contributed by atoms with Gasteiger partial charge in [0.25, 0.3) is 5.91 Å². The van der Waals surface area contributed by atoms with Crippen molar-refractivity contribution in [2.75, 3.05) is 30.8 Å². The van der Waals surface area contributed by atoms with Crippen LogP contribution in [0.1, 0.15) is 50.4 Å². The van der Waals surface area contributed by atoms with Gasteiger partial charge in [-0.2, -0.15) is 0 Å². The van der Waals surface area contributed by atoms with Gasteiger partial charge in [0.05, 0.1) is 43.4 Å². The summed E-state index contributed by atoms with van der Waals surface area (Å²) in [5, 5.41) is 13.6. The average Bonchev–Trinajstić information content (AvgIpc) is 3.65. The fraction of sp³-hybridized carbons (Fsp3) is 0.607. The van der Waals surface area contributed by atoms with E-state index in [1.165, 1.54) is 7.05 Å². The maximum Gasteiger partial charge on any atom is 0.251 e. The average molecular weight is 549 g/mol. The van der Waals surface area contributed by atoms with Crippen molar-refractivity contribution in [3.05, 3.63) is 53.6 Å². The lowest BCUT2D eigenvalue weighted by Crippen LogP contribution is -2.50. The van der Waals surface area contributed by atoms with E-state index in [1.54, 1.807) is 24.3 Å². The van der Waals surface area contributed by atoms with Gasteiger partial charge in [-0.1, -0.05) is 36.8 Å². The summed E-state index contributed by atoms with van der Waals surface area (Å²) in [5.74, 6) is -0.0335. The van der Waals surface area contributed by atoms with Gasteiger partial charge in [-0.3, -0.25) is 9.10 Å². The Kier molecular flexibility index (Phi) is 8.68. The van der Waals surface area contributed by atoms with Crippen molar-refractivity contribution in [2.45, 2.75) is 76.1 Å². The quantitative estimate of drug-likeness (QED) is 0.379. The molecule has 38 heavy (non-hydrogen) atoms. The van der Waals surface area contributed by atoms with Crippen LogP contribution in [0.15, 0.2) is 48.1 Å². The zero-order valence-electron chi connectivity index (χ0n) is 22.8. The van der Waals surface area contributed by atoms with Gasteiger partial charge in [0.1, 0.15) is 17.8 Å². The molecule has 3 aliphatic heterocycles. The van der Waals surface area contributed by atoms with E-state index in [-0.39, 0.29) is 36.2 Å². The highest BCUT2D eigenvalue weighted by atomic mass is 32.2. The van der Waals surface area contributed by atoms with E-state index in [0.29, 0.717) is 24.5 Å². The van der Waals surface area contributed by atoms with Gasteiger partial charge in [-0.05, 0) is 50.8 Å². The molecule has 1 aromatic rings. The Balaban J connectivity index is 1.30. The Hall–Kier alpha value is -2.24. The van der Waals surface area contributed by atoms with Gasteiger partial charge in [0, 0.05) is 19.0 Å². The molecule has 10 heteroatoms. The lowest BCUT2D eigenvalue weighted by molar-refractivity contribution is -0.0929. The number of anilines is 1. The van der Waals surface area contributed by atoms with Crippen LogP contribution in [0.25, 0.3) is 0 Å². The van der Waals surface area contributed by atoms with Crippen LogP contribution in [-0.2, 0) is 24.2 Å². The number of aliphatic hydroxyl groups excluding tert-OH is 1. The fourth-order valence-electron chi connectivity index (χ4n) is 5.09. The first-order valence-corrected chi connectivity index (χ1v) is 15.0. The summed E-state index contributed by atoms with van der Waals surface area (Å²) in [5.41, 5.74) is 1.49. The van der Waals surface area contributed by atoms with Crippen molar-refractivity contribution in [1.29, 1.82) is 0 Å². The van der Waals surface area contributed by atoms with Crippen molar-refractivity contribution in [2.24, 2.45) is 5.92 Å². The summed E-state index contributed by atoms with van der Waals surface area (Å²) in [7, 11) is -1.96. The summed E-state index contributed by atoms with van der Waals surface area (Å²) in [6.07, 6.45) is 8.22. The minimum Gasteiger partial charge on any atom is -0.387 e. The first kappa shape index (κ1) is 28.8. The molecule has 9 nitrogen and oxygen atoms in total. The first-order chi connectivity index (χ1) is 17.9. The number of nitrogens with one attached hydrogen (secondary N) is 1. The van der Waals surface area contributed by atoms with Crippen LogP contribution < -0.4 is 9.62 Å². The maximum absolute atomic E-state index is 13.0. The number of amides is 1. The van der Waals surface area contributed by atoms with Gasteiger partial charge >= 0.3 is 0 Å². The molecule has 0 radical (unpaired) electrons. The number of carbonyl (C=O) groups is 1. The SMILES string of the molecule is CC(/C=C/[C@H]1OCC[C@@]2(CO2)[C@@H]1O)=C\C[C@@H]1O[C@H](C)[C@H](NC(=O)c2cccc(N(C)S(C)(=O)=O)c2)C[C@@H]1C. The predicted molar refractivity (Wildman–Crippen MR) is 146 cm³/mol. The first-order valence-electron chi connectivity index (χ1n) is 13.2. The van der Waals surface area contributed by atoms with Crippen LogP contribution in [0.4, 0.5) is 5.69 Å². The number of carbonyl (C=O) groups excluding carboxylic acids is 1. The number of nitrogens with zero attached hydrogens (tertiary/aromatic N) is 1. The van der Waals surface area contributed by atoms with Crippen molar-refractivity contribution < 1.29 is 32.5 Å². The smallest absolute Gasteiger partial charge is 0.251 e. The van der Waals surface area contributed by atoms with E-state index in [2.05, 4.69) is 18.3 Å².